The number of hydrogen-bond acceptors (Lipinski definition) is 2. The van der Waals surface area contributed by atoms with Crippen LogP contribution in [0.4, 0.5) is 0 Å². The van der Waals surface area contributed by atoms with Crippen LogP contribution in [0.2, 0.25) is 0 Å². The van der Waals surface area contributed by atoms with Gasteiger partial charge in [0, 0.05) is 19.1 Å². The zero-order valence-electron chi connectivity index (χ0n) is 13.1. The van der Waals surface area contributed by atoms with Crippen molar-refractivity contribution in [2.45, 2.75) is 56.9 Å². The highest BCUT2D eigenvalue weighted by Gasteiger charge is 2.31. The van der Waals surface area contributed by atoms with Crippen LogP contribution in [-0.4, -0.2) is 25.0 Å². The minimum atomic E-state index is 0. The number of carbonyl (C=O) groups is 1. The quantitative estimate of drug-likeness (QED) is 0.646. The Kier molecular flexibility index (Phi) is 6.71. The second-order valence-corrected chi connectivity index (χ2v) is 6.39. The molecule has 0 bridgehead atoms. The molecule has 122 valence electrons. The number of nitrogens with one attached hydrogen (secondary N) is 2. The summed E-state index contributed by atoms with van der Waals surface area (Å²) in [5.74, 6) is 0.274. The van der Waals surface area contributed by atoms with Gasteiger partial charge in [0.2, 0.25) is 5.91 Å². The smallest absolute Gasteiger partial charge is 0.227 e. The first-order chi connectivity index (χ1) is 10.3. The van der Waals surface area contributed by atoms with Gasteiger partial charge in [0.05, 0.1) is 5.92 Å². The molecule has 0 saturated heterocycles. The first-order valence-electron chi connectivity index (χ1n) is 8.43. The maximum absolute atomic E-state index is 12.2. The van der Waals surface area contributed by atoms with Crippen molar-refractivity contribution in [3.8, 4) is 0 Å². The van der Waals surface area contributed by atoms with Crippen LogP contribution in [0.5, 0.6) is 0 Å². The number of carbonyl (C=O) groups excluding carboxylic acids is 1. The van der Waals surface area contributed by atoms with Gasteiger partial charge in [-0.3, -0.25) is 4.79 Å². The van der Waals surface area contributed by atoms with Crippen molar-refractivity contribution >= 4 is 18.3 Å². The van der Waals surface area contributed by atoms with Crippen LogP contribution in [0.15, 0.2) is 24.3 Å². The van der Waals surface area contributed by atoms with E-state index in [9.17, 15) is 4.79 Å². The zero-order valence-corrected chi connectivity index (χ0v) is 14.0. The fraction of sp³-hybridized carbons (Fsp3) is 0.611. The molecular weight excluding hydrogens is 296 g/mol. The van der Waals surface area contributed by atoms with Crippen LogP contribution in [0.25, 0.3) is 0 Å². The summed E-state index contributed by atoms with van der Waals surface area (Å²) in [6.07, 6.45) is 8.96. The van der Waals surface area contributed by atoms with Gasteiger partial charge >= 0.3 is 0 Å². The number of halogens is 1. The van der Waals surface area contributed by atoms with Crippen molar-refractivity contribution in [1.29, 1.82) is 0 Å². The Morgan fingerprint density at radius 3 is 2.50 bits per heavy atom. The molecule has 1 aromatic carbocycles. The summed E-state index contributed by atoms with van der Waals surface area (Å²) in [4.78, 5) is 12.2. The number of amides is 1. The molecule has 0 spiro atoms. The number of benzene rings is 1. The van der Waals surface area contributed by atoms with E-state index >= 15 is 0 Å². The molecule has 1 amide bonds. The summed E-state index contributed by atoms with van der Waals surface area (Å²) in [6.45, 7) is 1.64. The summed E-state index contributed by atoms with van der Waals surface area (Å²) < 4.78 is 0. The molecule has 0 aliphatic heterocycles. The van der Waals surface area contributed by atoms with Crippen LogP contribution in [0, 0.1) is 0 Å². The fourth-order valence-electron chi connectivity index (χ4n) is 3.56. The molecule has 2 aliphatic carbocycles. The lowest BCUT2D eigenvalue weighted by Crippen LogP contribution is -2.40. The molecule has 3 nitrogen and oxygen atoms in total. The third-order valence-electron chi connectivity index (χ3n) is 4.88. The minimum absolute atomic E-state index is 0. The van der Waals surface area contributed by atoms with Gasteiger partial charge in [0.15, 0.2) is 0 Å². The monoisotopic (exact) mass is 322 g/mol. The van der Waals surface area contributed by atoms with Crippen molar-refractivity contribution in [3.63, 3.8) is 0 Å². The third kappa shape index (κ3) is 4.23. The van der Waals surface area contributed by atoms with Crippen LogP contribution >= 0.6 is 12.4 Å². The molecule has 2 N–H and O–H groups in total. The standard InChI is InChI=1S/C18H26N2O.ClH/c21-18(17-13-14-7-5-6-10-16(14)17)20-12-11-19-15-8-3-1-2-4-9-15;/h5-7,10,15,17,19H,1-4,8-9,11-13H2,(H,20,21);1H. The average molecular weight is 323 g/mol. The van der Waals surface area contributed by atoms with E-state index in [2.05, 4.69) is 22.8 Å². The molecule has 1 fully saturated rings. The van der Waals surface area contributed by atoms with Crippen molar-refractivity contribution in [2.75, 3.05) is 13.1 Å². The molecule has 1 unspecified atom stereocenters. The summed E-state index contributed by atoms with van der Waals surface area (Å²) in [5.41, 5.74) is 2.54. The van der Waals surface area contributed by atoms with E-state index in [1.54, 1.807) is 0 Å². The van der Waals surface area contributed by atoms with Gasteiger partial charge in [0.25, 0.3) is 0 Å². The van der Waals surface area contributed by atoms with E-state index in [1.165, 1.54) is 49.7 Å². The van der Waals surface area contributed by atoms with Crippen molar-refractivity contribution in [2.24, 2.45) is 0 Å². The molecule has 2 aliphatic rings. The molecule has 4 heteroatoms. The third-order valence-corrected chi connectivity index (χ3v) is 4.88. The van der Waals surface area contributed by atoms with Gasteiger partial charge in [-0.15, -0.1) is 12.4 Å². The highest BCUT2D eigenvalue weighted by atomic mass is 35.5. The van der Waals surface area contributed by atoms with Crippen LogP contribution in [0.1, 0.15) is 55.6 Å². The van der Waals surface area contributed by atoms with Gasteiger partial charge in [-0.1, -0.05) is 49.9 Å². The van der Waals surface area contributed by atoms with Crippen LogP contribution in [0.3, 0.4) is 0 Å². The SMILES string of the molecule is Cl.O=C(NCCNC1CCCCCC1)C1Cc2ccccc21. The molecule has 22 heavy (non-hydrogen) atoms. The van der Waals surface area contributed by atoms with Crippen molar-refractivity contribution in [1.82, 2.24) is 10.6 Å². The minimum Gasteiger partial charge on any atom is -0.354 e. The van der Waals surface area contributed by atoms with E-state index in [-0.39, 0.29) is 24.2 Å². The molecule has 1 aromatic rings. The largest absolute Gasteiger partial charge is 0.354 e. The predicted molar refractivity (Wildman–Crippen MR) is 92.6 cm³/mol. The Morgan fingerprint density at radius 2 is 1.77 bits per heavy atom. The summed E-state index contributed by atoms with van der Waals surface area (Å²) in [5, 5.41) is 6.68. The van der Waals surface area contributed by atoms with E-state index in [0.29, 0.717) is 6.04 Å². The summed E-state index contributed by atoms with van der Waals surface area (Å²) in [7, 11) is 0. The van der Waals surface area contributed by atoms with Crippen molar-refractivity contribution < 1.29 is 4.79 Å². The van der Waals surface area contributed by atoms with E-state index in [1.807, 2.05) is 12.1 Å². The lowest BCUT2D eigenvalue weighted by Gasteiger charge is -2.29. The van der Waals surface area contributed by atoms with Gasteiger partial charge in [0.1, 0.15) is 0 Å². The molecular formula is C18H27ClN2O. The van der Waals surface area contributed by atoms with Gasteiger partial charge in [-0.05, 0) is 30.4 Å². The zero-order chi connectivity index (χ0) is 14.5. The number of hydrogen-bond donors (Lipinski definition) is 2. The predicted octanol–water partition coefficient (Wildman–Crippen LogP) is 3.18. The number of rotatable bonds is 5. The topological polar surface area (TPSA) is 41.1 Å². The van der Waals surface area contributed by atoms with E-state index in [0.717, 1.165) is 19.5 Å². The van der Waals surface area contributed by atoms with Crippen molar-refractivity contribution in [3.05, 3.63) is 35.4 Å². The molecule has 3 rings (SSSR count). The summed E-state index contributed by atoms with van der Waals surface area (Å²) in [6, 6.07) is 8.92. The first-order valence-corrected chi connectivity index (χ1v) is 8.43. The van der Waals surface area contributed by atoms with Gasteiger partial charge in [-0.25, -0.2) is 0 Å². The lowest BCUT2D eigenvalue weighted by atomic mass is 9.77. The normalized spacial score (nSPS) is 21.0. The Labute approximate surface area is 139 Å². The van der Waals surface area contributed by atoms with Crippen LogP contribution < -0.4 is 10.6 Å². The highest BCUT2D eigenvalue weighted by molar-refractivity contribution is 5.86. The molecule has 0 heterocycles. The second kappa shape index (κ2) is 8.54. The van der Waals surface area contributed by atoms with Gasteiger partial charge in [-0.2, -0.15) is 0 Å². The van der Waals surface area contributed by atoms with E-state index in [4.69, 9.17) is 0 Å². The maximum Gasteiger partial charge on any atom is 0.227 e. The highest BCUT2D eigenvalue weighted by Crippen LogP contribution is 2.34. The average Bonchev–Trinajstić information content (AvgIpc) is 2.74. The Morgan fingerprint density at radius 1 is 1.05 bits per heavy atom. The fourth-order valence-corrected chi connectivity index (χ4v) is 3.56. The van der Waals surface area contributed by atoms with Crippen LogP contribution in [-0.2, 0) is 11.2 Å². The van der Waals surface area contributed by atoms with E-state index < -0.39 is 0 Å². The molecule has 1 saturated carbocycles. The molecule has 0 radical (unpaired) electrons. The Bertz CT molecular complexity index is 484. The summed E-state index contributed by atoms with van der Waals surface area (Å²) >= 11 is 0. The molecule has 1 atom stereocenters. The Balaban J connectivity index is 0.00000176. The molecule has 0 aromatic heterocycles. The first kappa shape index (κ1) is 17.3. The Hall–Kier alpha value is -1.06. The maximum atomic E-state index is 12.2. The lowest BCUT2D eigenvalue weighted by molar-refractivity contribution is -0.123. The van der Waals surface area contributed by atoms with Gasteiger partial charge < -0.3 is 10.6 Å². The second-order valence-electron chi connectivity index (χ2n) is 6.39. The number of fused-ring (bicyclic) bond motifs is 1.